The molecule has 0 saturated carbocycles. The number of aryl methyl sites for hydroxylation is 2. The van der Waals surface area contributed by atoms with Gasteiger partial charge in [0.2, 0.25) is 11.8 Å². The smallest absolute Gasteiger partial charge is 0.233 e. The third-order valence-corrected chi connectivity index (χ3v) is 3.76. The molecule has 5 nitrogen and oxygen atoms in total. The van der Waals surface area contributed by atoms with Crippen molar-refractivity contribution in [3.63, 3.8) is 0 Å². The summed E-state index contributed by atoms with van der Waals surface area (Å²) in [6.07, 6.45) is -0.205. The van der Waals surface area contributed by atoms with Gasteiger partial charge in [0, 0.05) is 12.2 Å². The summed E-state index contributed by atoms with van der Waals surface area (Å²) in [6, 6.07) is 13.1. The van der Waals surface area contributed by atoms with Gasteiger partial charge in [0.1, 0.15) is 12.2 Å². The zero-order chi connectivity index (χ0) is 17.5. The van der Waals surface area contributed by atoms with Crippen molar-refractivity contribution in [3.8, 4) is 5.75 Å². The van der Waals surface area contributed by atoms with Gasteiger partial charge < -0.3 is 15.4 Å². The molecule has 0 aliphatic heterocycles. The van der Waals surface area contributed by atoms with Crippen LogP contribution in [0.5, 0.6) is 5.75 Å². The van der Waals surface area contributed by atoms with E-state index in [0.717, 1.165) is 22.4 Å². The molecule has 2 aromatic rings. The van der Waals surface area contributed by atoms with Crippen LogP contribution in [0, 0.1) is 13.8 Å². The fraction of sp³-hybridized carbons (Fsp3) is 0.263. The van der Waals surface area contributed by atoms with Crippen molar-refractivity contribution in [1.82, 2.24) is 5.32 Å². The summed E-state index contributed by atoms with van der Waals surface area (Å²) >= 11 is 0. The number of hydrogen-bond acceptors (Lipinski definition) is 3. The molecule has 0 unspecified atom stereocenters. The highest BCUT2D eigenvalue weighted by molar-refractivity contribution is 6.03. The van der Waals surface area contributed by atoms with Crippen molar-refractivity contribution < 1.29 is 14.3 Å². The Labute approximate surface area is 142 Å². The fourth-order valence-electron chi connectivity index (χ4n) is 2.18. The molecule has 24 heavy (non-hydrogen) atoms. The maximum absolute atomic E-state index is 11.9. The maximum Gasteiger partial charge on any atom is 0.233 e. The summed E-state index contributed by atoms with van der Waals surface area (Å²) in [5, 5.41) is 5.47. The van der Waals surface area contributed by atoms with Crippen LogP contribution in [0.2, 0.25) is 0 Å². The number of amides is 2. The van der Waals surface area contributed by atoms with Gasteiger partial charge in [0.15, 0.2) is 0 Å². The largest absolute Gasteiger partial charge is 0.497 e. The van der Waals surface area contributed by atoms with E-state index in [1.807, 2.05) is 56.3 Å². The number of benzene rings is 2. The summed E-state index contributed by atoms with van der Waals surface area (Å²) in [7, 11) is 1.60. The maximum atomic E-state index is 11.9. The van der Waals surface area contributed by atoms with Gasteiger partial charge >= 0.3 is 0 Å². The summed E-state index contributed by atoms with van der Waals surface area (Å²) in [6.45, 7) is 4.36. The van der Waals surface area contributed by atoms with E-state index in [1.54, 1.807) is 7.11 Å². The molecule has 2 amide bonds. The van der Waals surface area contributed by atoms with E-state index in [4.69, 9.17) is 4.74 Å². The number of rotatable bonds is 6. The van der Waals surface area contributed by atoms with Gasteiger partial charge in [0.25, 0.3) is 0 Å². The average molecular weight is 326 g/mol. The van der Waals surface area contributed by atoms with Crippen LogP contribution in [0.15, 0.2) is 42.5 Å². The first kappa shape index (κ1) is 17.5. The number of nitrogens with one attached hydrogen (secondary N) is 2. The SMILES string of the molecule is COc1ccc(CNC(=O)CC(=O)Nc2ccc(C)c(C)c2)cc1. The standard InChI is InChI=1S/C19H22N2O3/c1-13-4-7-16(10-14(13)2)21-19(23)11-18(22)20-12-15-5-8-17(24-3)9-6-15/h4-10H,11-12H2,1-3H3,(H,20,22)(H,21,23). The summed E-state index contributed by atoms with van der Waals surface area (Å²) in [4.78, 5) is 23.8. The van der Waals surface area contributed by atoms with Gasteiger partial charge in [-0.25, -0.2) is 0 Å². The molecule has 5 heteroatoms. The lowest BCUT2D eigenvalue weighted by Crippen LogP contribution is -2.27. The highest BCUT2D eigenvalue weighted by atomic mass is 16.5. The number of ether oxygens (including phenoxy) is 1. The van der Waals surface area contributed by atoms with Crippen molar-refractivity contribution in [2.45, 2.75) is 26.8 Å². The van der Waals surface area contributed by atoms with Crippen molar-refractivity contribution in [3.05, 3.63) is 59.2 Å². The first-order valence-electron chi connectivity index (χ1n) is 7.74. The zero-order valence-electron chi connectivity index (χ0n) is 14.2. The lowest BCUT2D eigenvalue weighted by molar-refractivity contribution is -0.126. The molecule has 0 aromatic heterocycles. The van der Waals surface area contributed by atoms with Crippen molar-refractivity contribution in [1.29, 1.82) is 0 Å². The predicted octanol–water partition coefficient (Wildman–Crippen LogP) is 2.96. The second-order valence-corrected chi connectivity index (χ2v) is 5.65. The van der Waals surface area contributed by atoms with Crippen LogP contribution in [0.1, 0.15) is 23.1 Å². The number of carbonyl (C=O) groups excluding carboxylic acids is 2. The van der Waals surface area contributed by atoms with Crippen LogP contribution < -0.4 is 15.4 Å². The molecular weight excluding hydrogens is 304 g/mol. The van der Waals surface area contributed by atoms with Crippen molar-refractivity contribution in [2.24, 2.45) is 0 Å². The summed E-state index contributed by atoms with van der Waals surface area (Å²) < 4.78 is 5.08. The van der Waals surface area contributed by atoms with E-state index in [9.17, 15) is 9.59 Å². The predicted molar refractivity (Wildman–Crippen MR) is 94.0 cm³/mol. The summed E-state index contributed by atoms with van der Waals surface area (Å²) in [5.74, 6) is 0.121. The lowest BCUT2D eigenvalue weighted by atomic mass is 10.1. The minimum Gasteiger partial charge on any atom is -0.497 e. The van der Waals surface area contributed by atoms with E-state index in [1.165, 1.54) is 0 Å². The Kier molecular flexibility index (Phi) is 5.95. The van der Waals surface area contributed by atoms with E-state index in [0.29, 0.717) is 12.2 Å². The molecular formula is C19H22N2O3. The molecule has 2 N–H and O–H groups in total. The Morgan fingerprint density at radius 2 is 1.67 bits per heavy atom. The zero-order valence-corrected chi connectivity index (χ0v) is 14.2. The molecule has 0 spiro atoms. The number of methoxy groups -OCH3 is 1. The van der Waals surface area contributed by atoms with E-state index < -0.39 is 0 Å². The molecule has 0 radical (unpaired) electrons. The summed E-state index contributed by atoms with van der Waals surface area (Å²) in [5.41, 5.74) is 3.90. The number of carbonyl (C=O) groups is 2. The van der Waals surface area contributed by atoms with Gasteiger partial charge in [-0.05, 0) is 54.8 Å². The highest BCUT2D eigenvalue weighted by Crippen LogP contribution is 2.14. The molecule has 0 atom stereocenters. The second kappa shape index (κ2) is 8.15. The van der Waals surface area contributed by atoms with Gasteiger partial charge in [-0.3, -0.25) is 9.59 Å². The van der Waals surface area contributed by atoms with Crippen LogP contribution in [0.3, 0.4) is 0 Å². The molecule has 2 aromatic carbocycles. The Balaban J connectivity index is 1.80. The molecule has 0 aliphatic rings. The Hall–Kier alpha value is -2.82. The highest BCUT2D eigenvalue weighted by Gasteiger charge is 2.10. The van der Waals surface area contributed by atoms with Crippen LogP contribution >= 0.6 is 0 Å². The Bertz CT molecular complexity index is 724. The third-order valence-electron chi connectivity index (χ3n) is 3.76. The van der Waals surface area contributed by atoms with Crippen LogP contribution in [0.25, 0.3) is 0 Å². The molecule has 0 saturated heterocycles. The quantitative estimate of drug-likeness (QED) is 0.802. The van der Waals surface area contributed by atoms with Crippen molar-refractivity contribution in [2.75, 3.05) is 12.4 Å². The number of anilines is 1. The van der Waals surface area contributed by atoms with Gasteiger partial charge in [-0.15, -0.1) is 0 Å². The molecule has 0 aliphatic carbocycles. The van der Waals surface area contributed by atoms with Gasteiger partial charge in [0.05, 0.1) is 7.11 Å². The van der Waals surface area contributed by atoms with Crippen LogP contribution in [0.4, 0.5) is 5.69 Å². The van der Waals surface area contributed by atoms with Crippen LogP contribution in [-0.4, -0.2) is 18.9 Å². The molecule has 126 valence electrons. The average Bonchev–Trinajstić information content (AvgIpc) is 2.56. The van der Waals surface area contributed by atoms with Crippen molar-refractivity contribution >= 4 is 17.5 Å². The van der Waals surface area contributed by atoms with E-state index in [-0.39, 0.29) is 18.2 Å². The molecule has 0 heterocycles. The third kappa shape index (κ3) is 5.12. The minimum atomic E-state index is -0.328. The Morgan fingerprint density at radius 3 is 2.29 bits per heavy atom. The van der Waals surface area contributed by atoms with Gasteiger partial charge in [-0.1, -0.05) is 18.2 Å². The molecule has 2 rings (SSSR count). The number of hydrogen-bond donors (Lipinski definition) is 2. The fourth-order valence-corrected chi connectivity index (χ4v) is 2.18. The lowest BCUT2D eigenvalue weighted by Gasteiger charge is -2.09. The van der Waals surface area contributed by atoms with Gasteiger partial charge in [-0.2, -0.15) is 0 Å². The monoisotopic (exact) mass is 326 g/mol. The normalized spacial score (nSPS) is 10.1. The first-order valence-corrected chi connectivity index (χ1v) is 7.74. The minimum absolute atomic E-state index is 0.205. The second-order valence-electron chi connectivity index (χ2n) is 5.65. The van der Waals surface area contributed by atoms with Crippen LogP contribution in [-0.2, 0) is 16.1 Å². The van der Waals surface area contributed by atoms with E-state index in [2.05, 4.69) is 10.6 Å². The molecule has 0 fully saturated rings. The Morgan fingerprint density at radius 1 is 0.958 bits per heavy atom. The topological polar surface area (TPSA) is 67.4 Å². The molecule has 0 bridgehead atoms. The van der Waals surface area contributed by atoms with E-state index >= 15 is 0 Å². The first-order chi connectivity index (χ1) is 11.5.